The van der Waals surface area contributed by atoms with Gasteiger partial charge in [-0.3, -0.25) is 0 Å². The van der Waals surface area contributed by atoms with E-state index in [-0.39, 0.29) is 11.3 Å². The van der Waals surface area contributed by atoms with E-state index in [0.717, 1.165) is 0 Å². The smallest absolute Gasteiger partial charge is 0.203 e. The Labute approximate surface area is 161 Å². The average molecular weight is 384 g/mol. The van der Waals surface area contributed by atoms with E-state index in [1.165, 1.54) is 40.7 Å². The number of carbonyl (C=O) groups is 1. The van der Waals surface area contributed by atoms with Crippen LogP contribution in [0.5, 0.6) is 23.0 Å². The van der Waals surface area contributed by atoms with E-state index in [9.17, 15) is 9.90 Å². The lowest BCUT2D eigenvalue weighted by atomic mass is 9.99. The van der Waals surface area contributed by atoms with Crippen molar-refractivity contribution in [2.45, 2.75) is 0 Å². The molecule has 0 radical (unpaired) electrons. The topological polar surface area (TPSA) is 103 Å². The zero-order valence-electron chi connectivity index (χ0n) is 15.8. The number of rotatable bonds is 7. The van der Waals surface area contributed by atoms with Crippen LogP contribution in [0.4, 0.5) is 0 Å². The molecule has 0 fully saturated rings. The van der Waals surface area contributed by atoms with Crippen LogP contribution in [0.2, 0.25) is 0 Å². The first-order valence-corrected chi connectivity index (χ1v) is 8.18. The van der Waals surface area contributed by atoms with Crippen LogP contribution in [0.25, 0.3) is 22.5 Å². The highest BCUT2D eigenvalue weighted by atomic mass is 16.5. The number of aromatic nitrogens is 1. The Balaban J connectivity index is 2.16. The number of ether oxygens (including phenoxy) is 4. The molecule has 0 bridgehead atoms. The number of hydrogen-bond donors (Lipinski definition) is 0. The molecule has 0 amide bonds. The lowest BCUT2D eigenvalue weighted by Gasteiger charge is -2.14. The summed E-state index contributed by atoms with van der Waals surface area (Å²) in [6.07, 6.45) is 1.50. The highest BCUT2D eigenvalue weighted by Crippen LogP contribution is 2.43. The third kappa shape index (κ3) is 3.32. The van der Waals surface area contributed by atoms with Gasteiger partial charge >= 0.3 is 0 Å². The lowest BCUT2D eigenvalue weighted by Crippen LogP contribution is -2.23. The summed E-state index contributed by atoms with van der Waals surface area (Å²) in [5, 5.41) is 15.3. The summed E-state index contributed by atoms with van der Waals surface area (Å²) in [5.41, 5.74) is 1.70. The Morgan fingerprint density at radius 3 is 2.07 bits per heavy atom. The normalized spacial score (nSPS) is 10.4. The summed E-state index contributed by atoms with van der Waals surface area (Å²) < 4.78 is 26.6. The molecule has 8 heteroatoms. The highest BCUT2D eigenvalue weighted by molar-refractivity contribution is 5.92. The minimum Gasteiger partial charge on any atom is -0.545 e. The number of carboxylic acids is 1. The second-order valence-corrected chi connectivity index (χ2v) is 5.69. The first-order valence-electron chi connectivity index (χ1n) is 8.18. The minimum absolute atomic E-state index is 0.0722. The molecule has 1 aromatic heterocycles. The molecule has 0 atom stereocenters. The van der Waals surface area contributed by atoms with E-state index < -0.39 is 5.97 Å². The van der Waals surface area contributed by atoms with E-state index in [1.54, 1.807) is 24.3 Å². The summed E-state index contributed by atoms with van der Waals surface area (Å²) in [4.78, 5) is 11.4. The van der Waals surface area contributed by atoms with Crippen LogP contribution in [0.15, 0.2) is 41.1 Å². The van der Waals surface area contributed by atoms with E-state index >= 15 is 0 Å². The standard InChI is InChI=1S/C20H19NO7/c1-24-15-6-5-11(7-13(15)20(22)23)14-10-21-28-18(14)12-8-16(25-2)19(27-4)17(9-12)26-3/h5-10H,1-4H3,(H,22,23)/p-1. The minimum atomic E-state index is -1.34. The summed E-state index contributed by atoms with van der Waals surface area (Å²) in [7, 11) is 5.93. The summed E-state index contributed by atoms with van der Waals surface area (Å²) in [6.45, 7) is 0. The van der Waals surface area contributed by atoms with Gasteiger partial charge in [0.1, 0.15) is 5.75 Å². The predicted molar refractivity (Wildman–Crippen MR) is 97.9 cm³/mol. The number of nitrogens with zero attached hydrogens (tertiary/aromatic N) is 1. The van der Waals surface area contributed by atoms with Crippen molar-refractivity contribution in [3.8, 4) is 45.4 Å². The predicted octanol–water partition coefficient (Wildman–Crippen LogP) is 2.41. The van der Waals surface area contributed by atoms with Gasteiger partial charge in [0.2, 0.25) is 5.75 Å². The largest absolute Gasteiger partial charge is 0.545 e. The number of methoxy groups -OCH3 is 4. The number of carboxylic acid groups (broad SMARTS) is 1. The van der Waals surface area contributed by atoms with Crippen molar-refractivity contribution in [2.24, 2.45) is 0 Å². The Kier molecular flexibility index (Phi) is 5.39. The molecule has 8 nitrogen and oxygen atoms in total. The van der Waals surface area contributed by atoms with Crippen molar-refractivity contribution in [1.82, 2.24) is 5.16 Å². The van der Waals surface area contributed by atoms with Crippen molar-refractivity contribution in [2.75, 3.05) is 28.4 Å². The third-order valence-electron chi connectivity index (χ3n) is 4.23. The van der Waals surface area contributed by atoms with Gasteiger partial charge in [0.25, 0.3) is 0 Å². The van der Waals surface area contributed by atoms with Crippen LogP contribution < -0.4 is 24.1 Å². The van der Waals surface area contributed by atoms with E-state index in [1.807, 2.05) is 0 Å². The SMILES string of the molecule is COc1ccc(-c2cnoc2-c2cc(OC)c(OC)c(OC)c2)cc1C(=O)[O-]. The lowest BCUT2D eigenvalue weighted by molar-refractivity contribution is -0.255. The quantitative estimate of drug-likeness (QED) is 0.612. The average Bonchev–Trinajstić information content (AvgIpc) is 3.21. The molecule has 0 aliphatic carbocycles. The molecule has 0 saturated carbocycles. The van der Waals surface area contributed by atoms with Gasteiger partial charge in [-0.1, -0.05) is 11.2 Å². The molecule has 0 aliphatic heterocycles. The number of benzene rings is 2. The first-order chi connectivity index (χ1) is 13.5. The molecule has 0 saturated heterocycles. The van der Waals surface area contributed by atoms with Crippen LogP contribution in [-0.4, -0.2) is 39.6 Å². The van der Waals surface area contributed by atoms with Gasteiger partial charge in [0.05, 0.1) is 40.6 Å². The first kappa shape index (κ1) is 19.1. The van der Waals surface area contributed by atoms with E-state index in [4.69, 9.17) is 23.5 Å². The van der Waals surface area contributed by atoms with Gasteiger partial charge in [-0.05, 0) is 29.8 Å². The number of hydrogen-bond acceptors (Lipinski definition) is 8. The molecule has 0 unspecified atom stereocenters. The summed E-state index contributed by atoms with van der Waals surface area (Å²) in [6, 6.07) is 8.14. The molecule has 0 N–H and O–H groups in total. The molecule has 3 rings (SSSR count). The summed E-state index contributed by atoms with van der Waals surface area (Å²) >= 11 is 0. The molecule has 0 spiro atoms. The van der Waals surface area contributed by atoms with Crippen LogP contribution in [0, 0.1) is 0 Å². The Morgan fingerprint density at radius 2 is 1.54 bits per heavy atom. The molecular formula is C20H18NO7-. The zero-order valence-corrected chi connectivity index (χ0v) is 15.8. The molecule has 0 aliphatic rings. The van der Waals surface area contributed by atoms with Gasteiger partial charge in [0.15, 0.2) is 17.3 Å². The van der Waals surface area contributed by atoms with Crippen LogP contribution in [0.1, 0.15) is 10.4 Å². The Morgan fingerprint density at radius 1 is 0.893 bits per heavy atom. The fourth-order valence-electron chi connectivity index (χ4n) is 2.90. The molecule has 2 aromatic carbocycles. The maximum atomic E-state index is 11.4. The Bertz CT molecular complexity index is 985. The molecule has 146 valence electrons. The summed E-state index contributed by atoms with van der Waals surface area (Å²) in [5.74, 6) is 0.611. The van der Waals surface area contributed by atoms with Crippen molar-refractivity contribution < 1.29 is 33.4 Å². The number of aromatic carboxylic acids is 1. The fraction of sp³-hybridized carbons (Fsp3) is 0.200. The maximum absolute atomic E-state index is 11.4. The monoisotopic (exact) mass is 384 g/mol. The Hall–Kier alpha value is -3.68. The molecular weight excluding hydrogens is 366 g/mol. The zero-order chi connectivity index (χ0) is 20.3. The van der Waals surface area contributed by atoms with Gasteiger partial charge in [-0.2, -0.15) is 0 Å². The van der Waals surface area contributed by atoms with Crippen molar-refractivity contribution >= 4 is 5.97 Å². The fourth-order valence-corrected chi connectivity index (χ4v) is 2.90. The van der Waals surface area contributed by atoms with Gasteiger partial charge in [0, 0.05) is 16.7 Å². The van der Waals surface area contributed by atoms with Gasteiger partial charge in [-0.25, -0.2) is 0 Å². The molecule has 1 heterocycles. The van der Waals surface area contributed by atoms with E-state index in [0.29, 0.717) is 39.7 Å². The molecule has 28 heavy (non-hydrogen) atoms. The van der Waals surface area contributed by atoms with Crippen molar-refractivity contribution in [3.63, 3.8) is 0 Å². The highest BCUT2D eigenvalue weighted by Gasteiger charge is 2.20. The maximum Gasteiger partial charge on any atom is 0.203 e. The van der Waals surface area contributed by atoms with Crippen molar-refractivity contribution in [1.29, 1.82) is 0 Å². The third-order valence-corrected chi connectivity index (χ3v) is 4.23. The second kappa shape index (κ2) is 7.91. The van der Waals surface area contributed by atoms with Gasteiger partial charge < -0.3 is 33.4 Å². The molecule has 3 aromatic rings. The van der Waals surface area contributed by atoms with E-state index in [2.05, 4.69) is 5.16 Å². The van der Waals surface area contributed by atoms with Crippen LogP contribution >= 0.6 is 0 Å². The van der Waals surface area contributed by atoms with Crippen LogP contribution in [-0.2, 0) is 0 Å². The number of carbonyl (C=O) groups excluding carboxylic acids is 1. The van der Waals surface area contributed by atoms with Crippen LogP contribution in [0.3, 0.4) is 0 Å². The van der Waals surface area contributed by atoms with Gasteiger partial charge in [-0.15, -0.1) is 0 Å². The van der Waals surface area contributed by atoms with Crippen molar-refractivity contribution in [3.05, 3.63) is 42.1 Å². The second-order valence-electron chi connectivity index (χ2n) is 5.69.